The van der Waals surface area contributed by atoms with E-state index >= 15 is 0 Å². The van der Waals surface area contributed by atoms with Gasteiger partial charge in [-0.2, -0.15) is 0 Å². The Balaban J connectivity index is 2.20. The molecule has 1 fully saturated rings. The highest BCUT2D eigenvalue weighted by atomic mass is 32.2. The molecule has 2 N–H and O–H groups in total. The van der Waals surface area contributed by atoms with E-state index in [4.69, 9.17) is 0 Å². The molecular weight excluding hydrogens is 148 g/mol. The summed E-state index contributed by atoms with van der Waals surface area (Å²) in [7, 11) is 0. The van der Waals surface area contributed by atoms with Crippen LogP contribution in [0.15, 0.2) is 0 Å². The maximum absolute atomic E-state index is 10.9. The fraction of sp³-hybridized carbons (Fsp3) is 0.833. The van der Waals surface area contributed by atoms with Gasteiger partial charge in [0.1, 0.15) is 5.37 Å². The van der Waals surface area contributed by atoms with Crippen LogP contribution in [0.2, 0.25) is 0 Å². The zero-order chi connectivity index (χ0) is 7.40. The average molecular weight is 160 g/mol. The van der Waals surface area contributed by atoms with E-state index in [9.17, 15) is 4.79 Å². The first-order valence-corrected chi connectivity index (χ1v) is 4.52. The molecule has 10 heavy (non-hydrogen) atoms. The normalized spacial score (nSPS) is 24.9. The Morgan fingerprint density at radius 3 is 3.10 bits per heavy atom. The molecule has 1 rings (SSSR count). The summed E-state index contributed by atoms with van der Waals surface area (Å²) in [6.45, 7) is 2.74. The van der Waals surface area contributed by atoms with Gasteiger partial charge in [-0.15, -0.1) is 11.8 Å². The minimum Gasteiger partial charge on any atom is -0.341 e. The van der Waals surface area contributed by atoms with Crippen LogP contribution in [0.4, 0.5) is 0 Å². The zero-order valence-corrected chi connectivity index (χ0v) is 6.83. The molecule has 0 aromatic heterocycles. The van der Waals surface area contributed by atoms with E-state index in [0.717, 1.165) is 12.2 Å². The number of nitrogens with one attached hydrogen (secondary N) is 2. The summed E-state index contributed by atoms with van der Waals surface area (Å²) >= 11 is 1.67. The molecule has 1 atom stereocenters. The molecule has 0 radical (unpaired) electrons. The monoisotopic (exact) mass is 160 g/mol. The van der Waals surface area contributed by atoms with Gasteiger partial charge >= 0.3 is 0 Å². The van der Waals surface area contributed by atoms with Crippen LogP contribution in [0.25, 0.3) is 0 Å². The van der Waals surface area contributed by atoms with E-state index in [0.29, 0.717) is 6.67 Å². The van der Waals surface area contributed by atoms with Gasteiger partial charge in [0, 0.05) is 0 Å². The average Bonchev–Trinajstić information content (AvgIpc) is 2.31. The molecule has 1 saturated heterocycles. The van der Waals surface area contributed by atoms with Crippen molar-refractivity contribution in [1.29, 1.82) is 0 Å². The fourth-order valence-electron chi connectivity index (χ4n) is 0.787. The maximum Gasteiger partial charge on any atom is 0.248 e. The molecule has 1 aliphatic heterocycles. The minimum atomic E-state index is -0.0000463. The van der Waals surface area contributed by atoms with Gasteiger partial charge in [0.2, 0.25) is 5.91 Å². The first kappa shape index (κ1) is 7.88. The summed E-state index contributed by atoms with van der Waals surface area (Å²) in [4.78, 5) is 10.9. The highest BCUT2D eigenvalue weighted by molar-refractivity contribution is 8.00. The van der Waals surface area contributed by atoms with E-state index < -0.39 is 0 Å². The Bertz CT molecular complexity index is 129. The van der Waals surface area contributed by atoms with Crippen LogP contribution in [-0.2, 0) is 4.79 Å². The van der Waals surface area contributed by atoms with E-state index in [-0.39, 0.29) is 11.3 Å². The standard InChI is InChI=1S/C6H12N2OS/c1-2-3-10-6-5(9)7-4-8-6/h6,8H,2-4H2,1H3,(H,7,9). The van der Waals surface area contributed by atoms with Crippen molar-refractivity contribution in [2.24, 2.45) is 0 Å². The maximum atomic E-state index is 10.9. The lowest BCUT2D eigenvalue weighted by molar-refractivity contribution is -0.118. The van der Waals surface area contributed by atoms with Gasteiger partial charge in [0.15, 0.2) is 0 Å². The van der Waals surface area contributed by atoms with E-state index in [1.54, 1.807) is 11.8 Å². The van der Waals surface area contributed by atoms with Gasteiger partial charge in [-0.25, -0.2) is 0 Å². The predicted molar refractivity (Wildman–Crippen MR) is 42.7 cm³/mol. The van der Waals surface area contributed by atoms with Crippen LogP contribution < -0.4 is 10.6 Å². The van der Waals surface area contributed by atoms with E-state index in [2.05, 4.69) is 17.6 Å². The number of hydrogen-bond donors (Lipinski definition) is 2. The Morgan fingerprint density at radius 2 is 2.60 bits per heavy atom. The first-order chi connectivity index (χ1) is 4.84. The second-order valence-electron chi connectivity index (χ2n) is 2.17. The quantitative estimate of drug-likeness (QED) is 0.616. The highest BCUT2D eigenvalue weighted by Gasteiger charge is 2.22. The van der Waals surface area contributed by atoms with Crippen LogP contribution in [-0.4, -0.2) is 23.7 Å². The fourth-order valence-corrected chi connectivity index (χ4v) is 1.69. The second kappa shape index (κ2) is 3.83. The molecule has 4 heteroatoms. The van der Waals surface area contributed by atoms with Crippen molar-refractivity contribution >= 4 is 17.7 Å². The van der Waals surface area contributed by atoms with Crippen molar-refractivity contribution in [3.63, 3.8) is 0 Å². The summed E-state index contributed by atoms with van der Waals surface area (Å²) in [5.41, 5.74) is 0. The van der Waals surface area contributed by atoms with Crippen molar-refractivity contribution in [2.75, 3.05) is 12.4 Å². The van der Waals surface area contributed by atoms with Crippen LogP contribution in [0, 0.1) is 0 Å². The molecule has 3 nitrogen and oxygen atoms in total. The smallest absolute Gasteiger partial charge is 0.248 e. The number of thioether (sulfide) groups is 1. The van der Waals surface area contributed by atoms with Gasteiger partial charge in [-0.05, 0) is 12.2 Å². The summed E-state index contributed by atoms with van der Waals surface area (Å²) in [6.07, 6.45) is 1.12. The Labute approximate surface area is 64.9 Å². The molecular formula is C6H12N2OS. The van der Waals surface area contributed by atoms with Crippen LogP contribution >= 0.6 is 11.8 Å². The van der Waals surface area contributed by atoms with Gasteiger partial charge in [0.05, 0.1) is 6.67 Å². The Morgan fingerprint density at radius 1 is 1.80 bits per heavy atom. The molecule has 1 amide bonds. The molecule has 1 heterocycles. The number of hydrogen-bond acceptors (Lipinski definition) is 3. The van der Waals surface area contributed by atoms with Gasteiger partial charge < -0.3 is 5.32 Å². The van der Waals surface area contributed by atoms with E-state index in [1.165, 1.54) is 0 Å². The predicted octanol–water partition coefficient (Wildman–Crippen LogP) is 0.133. The van der Waals surface area contributed by atoms with Gasteiger partial charge in [-0.1, -0.05) is 6.92 Å². The van der Waals surface area contributed by atoms with Crippen molar-refractivity contribution in [3.05, 3.63) is 0 Å². The number of carbonyl (C=O) groups is 1. The summed E-state index contributed by atoms with van der Waals surface area (Å²) < 4.78 is 0. The van der Waals surface area contributed by atoms with Gasteiger partial charge in [0.25, 0.3) is 0 Å². The van der Waals surface area contributed by atoms with Crippen molar-refractivity contribution < 1.29 is 4.79 Å². The topological polar surface area (TPSA) is 41.1 Å². The summed E-state index contributed by atoms with van der Waals surface area (Å²) in [5.74, 6) is 1.17. The molecule has 0 saturated carbocycles. The molecule has 0 aromatic rings. The minimum absolute atomic E-state index is 0.0000463. The number of carbonyl (C=O) groups excluding carboxylic acids is 1. The molecule has 1 aliphatic rings. The van der Waals surface area contributed by atoms with Crippen molar-refractivity contribution in [2.45, 2.75) is 18.7 Å². The largest absolute Gasteiger partial charge is 0.341 e. The van der Waals surface area contributed by atoms with E-state index in [1.807, 2.05) is 0 Å². The SMILES string of the molecule is CCCSC1NCNC1=O. The summed E-state index contributed by atoms with van der Waals surface area (Å²) in [6, 6.07) is 0. The highest BCUT2D eigenvalue weighted by Crippen LogP contribution is 2.11. The third-order valence-corrected chi connectivity index (χ3v) is 2.63. The lowest BCUT2D eigenvalue weighted by Gasteiger charge is -2.03. The van der Waals surface area contributed by atoms with Crippen LogP contribution in [0.5, 0.6) is 0 Å². The Hall–Kier alpha value is -0.220. The Kier molecular flexibility index (Phi) is 3.02. The molecule has 0 aliphatic carbocycles. The van der Waals surface area contributed by atoms with Crippen LogP contribution in [0.1, 0.15) is 13.3 Å². The number of rotatable bonds is 3. The summed E-state index contributed by atoms with van der Waals surface area (Å²) in [5, 5.41) is 5.75. The van der Waals surface area contributed by atoms with Crippen molar-refractivity contribution in [1.82, 2.24) is 10.6 Å². The molecule has 0 bridgehead atoms. The third kappa shape index (κ3) is 1.88. The lowest BCUT2D eigenvalue weighted by atomic mass is 10.6. The third-order valence-electron chi connectivity index (χ3n) is 1.28. The second-order valence-corrected chi connectivity index (χ2v) is 3.39. The molecule has 1 unspecified atom stereocenters. The molecule has 58 valence electrons. The lowest BCUT2D eigenvalue weighted by Crippen LogP contribution is -2.24. The van der Waals surface area contributed by atoms with Crippen LogP contribution in [0.3, 0.4) is 0 Å². The molecule has 0 aromatic carbocycles. The number of amides is 1. The van der Waals surface area contributed by atoms with Crippen molar-refractivity contribution in [3.8, 4) is 0 Å². The van der Waals surface area contributed by atoms with Gasteiger partial charge in [-0.3, -0.25) is 10.1 Å². The molecule has 0 spiro atoms. The zero-order valence-electron chi connectivity index (χ0n) is 6.02. The first-order valence-electron chi connectivity index (χ1n) is 3.47.